The quantitative estimate of drug-likeness (QED) is 0.553. The van der Waals surface area contributed by atoms with Crippen molar-refractivity contribution in [2.45, 2.75) is 26.3 Å². The van der Waals surface area contributed by atoms with E-state index in [1.165, 1.54) is 35.0 Å². The summed E-state index contributed by atoms with van der Waals surface area (Å²) in [7, 11) is 0. The average Bonchev–Trinajstić information content (AvgIpc) is 2.56. The Morgan fingerprint density at radius 3 is 2.76 bits per heavy atom. The first kappa shape index (κ1) is 15.6. The van der Waals surface area contributed by atoms with Gasteiger partial charge in [-0.1, -0.05) is 17.7 Å². The zero-order chi connectivity index (χ0) is 17.6. The predicted octanol–water partition coefficient (Wildman–Crippen LogP) is 3.47. The Hall–Kier alpha value is -2.95. The van der Waals surface area contributed by atoms with Gasteiger partial charge < -0.3 is 19.5 Å². The van der Waals surface area contributed by atoms with Crippen LogP contribution in [0.5, 0.6) is 11.5 Å². The molecule has 0 unspecified atom stereocenters. The van der Waals surface area contributed by atoms with Crippen molar-refractivity contribution in [1.29, 1.82) is 0 Å². The summed E-state index contributed by atoms with van der Waals surface area (Å²) in [5.74, 6) is -0.524. The van der Waals surface area contributed by atoms with Crippen LogP contribution in [0.1, 0.15) is 23.1 Å². The standard InChI is InChI=1S/C20H19NO4/c1-12-4-5-16-13(7-12)3-2-6-21(16)11-14-8-20(24)25-19-10-18(23)17(22)9-15(14)19/h4-5,7-10,22-23H,2-3,6,11H2,1H3. The van der Waals surface area contributed by atoms with Crippen molar-refractivity contribution in [2.75, 3.05) is 11.4 Å². The summed E-state index contributed by atoms with van der Waals surface area (Å²) in [6, 6.07) is 10.6. The van der Waals surface area contributed by atoms with Crippen LogP contribution in [0.4, 0.5) is 5.69 Å². The third-order valence-electron chi connectivity index (χ3n) is 4.74. The number of benzene rings is 2. The molecule has 1 aliphatic heterocycles. The lowest BCUT2D eigenvalue weighted by Gasteiger charge is -2.32. The number of phenols is 2. The highest BCUT2D eigenvalue weighted by molar-refractivity contribution is 5.84. The van der Waals surface area contributed by atoms with Gasteiger partial charge in [-0.05, 0) is 43.0 Å². The van der Waals surface area contributed by atoms with Crippen LogP contribution in [0, 0.1) is 6.92 Å². The molecule has 0 bridgehead atoms. The maximum absolute atomic E-state index is 11.9. The van der Waals surface area contributed by atoms with Crippen LogP contribution in [-0.2, 0) is 13.0 Å². The normalized spacial score (nSPS) is 13.9. The molecule has 2 N–H and O–H groups in total. The Morgan fingerprint density at radius 2 is 1.92 bits per heavy atom. The molecule has 0 spiro atoms. The second-order valence-corrected chi connectivity index (χ2v) is 6.59. The number of hydrogen-bond acceptors (Lipinski definition) is 5. The van der Waals surface area contributed by atoms with E-state index in [9.17, 15) is 15.0 Å². The van der Waals surface area contributed by atoms with Crippen molar-refractivity contribution in [3.8, 4) is 11.5 Å². The van der Waals surface area contributed by atoms with Crippen LogP contribution in [0.3, 0.4) is 0 Å². The molecule has 0 saturated heterocycles. The summed E-state index contributed by atoms with van der Waals surface area (Å²) in [5, 5.41) is 20.1. The molecule has 0 amide bonds. The fourth-order valence-corrected chi connectivity index (χ4v) is 3.56. The molecular weight excluding hydrogens is 318 g/mol. The summed E-state index contributed by atoms with van der Waals surface area (Å²) in [4.78, 5) is 14.1. The van der Waals surface area contributed by atoms with Gasteiger partial charge in [0.2, 0.25) is 0 Å². The predicted molar refractivity (Wildman–Crippen MR) is 96.4 cm³/mol. The molecule has 0 radical (unpaired) electrons. The first-order valence-corrected chi connectivity index (χ1v) is 8.34. The van der Waals surface area contributed by atoms with Crippen LogP contribution >= 0.6 is 0 Å². The number of fused-ring (bicyclic) bond motifs is 2. The number of aromatic hydroxyl groups is 2. The molecule has 1 aliphatic rings. The van der Waals surface area contributed by atoms with E-state index in [1.807, 2.05) is 0 Å². The van der Waals surface area contributed by atoms with E-state index in [4.69, 9.17) is 4.42 Å². The Morgan fingerprint density at radius 1 is 1.12 bits per heavy atom. The second-order valence-electron chi connectivity index (χ2n) is 6.59. The molecule has 2 aromatic carbocycles. The smallest absolute Gasteiger partial charge is 0.336 e. The SMILES string of the molecule is Cc1ccc2c(c1)CCCN2Cc1cc(=O)oc2cc(O)c(O)cc12. The molecule has 3 aromatic rings. The van der Waals surface area contributed by atoms with Gasteiger partial charge in [-0.15, -0.1) is 0 Å². The van der Waals surface area contributed by atoms with Gasteiger partial charge in [0.1, 0.15) is 5.58 Å². The summed E-state index contributed by atoms with van der Waals surface area (Å²) in [6.07, 6.45) is 2.11. The van der Waals surface area contributed by atoms with Crippen molar-refractivity contribution in [2.24, 2.45) is 0 Å². The second kappa shape index (κ2) is 5.84. The maximum Gasteiger partial charge on any atom is 0.336 e. The average molecular weight is 337 g/mol. The van der Waals surface area contributed by atoms with Gasteiger partial charge in [-0.25, -0.2) is 4.79 Å². The first-order chi connectivity index (χ1) is 12.0. The lowest BCUT2D eigenvalue weighted by molar-refractivity contribution is 0.403. The van der Waals surface area contributed by atoms with Crippen molar-refractivity contribution in [1.82, 2.24) is 0 Å². The van der Waals surface area contributed by atoms with Crippen LogP contribution in [0.2, 0.25) is 0 Å². The fourth-order valence-electron chi connectivity index (χ4n) is 3.56. The lowest BCUT2D eigenvalue weighted by Crippen LogP contribution is -2.29. The van der Waals surface area contributed by atoms with E-state index in [-0.39, 0.29) is 17.1 Å². The molecule has 1 aromatic heterocycles. The van der Waals surface area contributed by atoms with E-state index < -0.39 is 5.63 Å². The summed E-state index contributed by atoms with van der Waals surface area (Å²) in [5.41, 5.74) is 4.33. The molecule has 0 aliphatic carbocycles. The van der Waals surface area contributed by atoms with Gasteiger partial charge in [0.15, 0.2) is 11.5 Å². The number of hydrogen-bond donors (Lipinski definition) is 2. The topological polar surface area (TPSA) is 73.9 Å². The maximum atomic E-state index is 11.9. The van der Waals surface area contributed by atoms with Crippen LogP contribution in [0.25, 0.3) is 11.0 Å². The van der Waals surface area contributed by atoms with E-state index in [2.05, 4.69) is 30.0 Å². The van der Waals surface area contributed by atoms with E-state index in [0.717, 1.165) is 24.9 Å². The van der Waals surface area contributed by atoms with Crippen LogP contribution in [-0.4, -0.2) is 16.8 Å². The van der Waals surface area contributed by atoms with Crippen molar-refractivity contribution >= 4 is 16.7 Å². The molecule has 4 rings (SSSR count). The zero-order valence-electron chi connectivity index (χ0n) is 14.0. The minimum absolute atomic E-state index is 0.225. The monoisotopic (exact) mass is 337 g/mol. The fraction of sp³-hybridized carbons (Fsp3) is 0.250. The molecular formula is C20H19NO4. The summed E-state index contributed by atoms with van der Waals surface area (Å²) >= 11 is 0. The summed E-state index contributed by atoms with van der Waals surface area (Å²) in [6.45, 7) is 3.54. The summed E-state index contributed by atoms with van der Waals surface area (Å²) < 4.78 is 5.17. The van der Waals surface area contributed by atoms with Crippen molar-refractivity contribution in [3.05, 3.63) is 63.5 Å². The molecule has 25 heavy (non-hydrogen) atoms. The first-order valence-electron chi connectivity index (χ1n) is 8.34. The molecule has 0 fully saturated rings. The van der Waals surface area contributed by atoms with Gasteiger partial charge in [0.05, 0.1) is 0 Å². The van der Waals surface area contributed by atoms with E-state index >= 15 is 0 Å². The molecule has 128 valence electrons. The number of phenolic OH excluding ortho intramolecular Hbond substituents is 2. The largest absolute Gasteiger partial charge is 0.504 e. The van der Waals surface area contributed by atoms with Gasteiger partial charge in [-0.2, -0.15) is 0 Å². The number of aryl methyl sites for hydroxylation is 2. The van der Waals surface area contributed by atoms with Crippen LogP contribution in [0.15, 0.2) is 45.6 Å². The van der Waals surface area contributed by atoms with Gasteiger partial charge in [0.25, 0.3) is 0 Å². The Labute approximate surface area is 144 Å². The highest BCUT2D eigenvalue weighted by Crippen LogP contribution is 2.34. The molecule has 5 heteroatoms. The lowest BCUT2D eigenvalue weighted by atomic mass is 9.98. The highest BCUT2D eigenvalue weighted by atomic mass is 16.4. The Bertz CT molecular complexity index is 1020. The molecule has 0 atom stereocenters. The number of anilines is 1. The van der Waals surface area contributed by atoms with Gasteiger partial charge >= 0.3 is 5.63 Å². The van der Waals surface area contributed by atoms with Gasteiger partial charge in [-0.3, -0.25) is 0 Å². The number of nitrogens with zero attached hydrogens (tertiary/aromatic N) is 1. The third-order valence-corrected chi connectivity index (χ3v) is 4.74. The van der Waals surface area contributed by atoms with Crippen molar-refractivity contribution in [3.63, 3.8) is 0 Å². The van der Waals surface area contributed by atoms with Crippen molar-refractivity contribution < 1.29 is 14.6 Å². The molecule has 2 heterocycles. The Kier molecular flexibility index (Phi) is 3.64. The minimum Gasteiger partial charge on any atom is -0.504 e. The van der Waals surface area contributed by atoms with Crippen LogP contribution < -0.4 is 10.5 Å². The Balaban J connectivity index is 1.80. The third kappa shape index (κ3) is 2.82. The molecule has 5 nitrogen and oxygen atoms in total. The zero-order valence-corrected chi connectivity index (χ0v) is 14.0. The van der Waals surface area contributed by atoms with E-state index in [0.29, 0.717) is 11.9 Å². The van der Waals surface area contributed by atoms with E-state index in [1.54, 1.807) is 0 Å². The number of rotatable bonds is 2. The van der Waals surface area contributed by atoms with Gasteiger partial charge in [0, 0.05) is 36.3 Å². The molecule has 0 saturated carbocycles. The minimum atomic E-state index is -0.464. The highest BCUT2D eigenvalue weighted by Gasteiger charge is 2.19.